The maximum absolute atomic E-state index is 12.9. The second-order valence-electron chi connectivity index (χ2n) is 4.25. The van der Waals surface area contributed by atoms with Crippen LogP contribution in [0.4, 0.5) is 4.39 Å². The number of halogens is 1. The fourth-order valence-electron chi connectivity index (χ4n) is 1.89. The van der Waals surface area contributed by atoms with Gasteiger partial charge in [0.15, 0.2) is 0 Å². The van der Waals surface area contributed by atoms with Crippen LogP contribution in [0.25, 0.3) is 5.69 Å². The van der Waals surface area contributed by atoms with Crippen LogP contribution in [0.2, 0.25) is 0 Å². The molecule has 5 heteroatoms. The third kappa shape index (κ3) is 2.27. The van der Waals surface area contributed by atoms with Gasteiger partial charge in [-0.1, -0.05) is 0 Å². The second kappa shape index (κ2) is 4.68. The fourth-order valence-corrected chi connectivity index (χ4v) is 1.89. The molecule has 0 atom stereocenters. The highest BCUT2D eigenvalue weighted by Crippen LogP contribution is 2.13. The lowest BCUT2D eigenvalue weighted by molar-refractivity contribution is 0.0694. The van der Waals surface area contributed by atoms with Gasteiger partial charge in [-0.25, -0.2) is 9.18 Å². The highest BCUT2D eigenvalue weighted by Gasteiger charge is 2.15. The average Bonchev–Trinajstić information content (AvgIpc) is 2.36. The van der Waals surface area contributed by atoms with Gasteiger partial charge in [0.1, 0.15) is 11.4 Å². The quantitative estimate of drug-likeness (QED) is 0.902. The fraction of sp³-hybridized carbons (Fsp3) is 0.143. The summed E-state index contributed by atoms with van der Waals surface area (Å²) in [5, 5.41) is 9.02. The number of carbonyl (C=O) groups is 1. The van der Waals surface area contributed by atoms with Crippen LogP contribution in [0.5, 0.6) is 0 Å². The van der Waals surface area contributed by atoms with E-state index in [1.54, 1.807) is 13.8 Å². The van der Waals surface area contributed by atoms with Crippen molar-refractivity contribution in [2.45, 2.75) is 13.8 Å². The standard InChI is InChI=1S/C14H12FNO3/c1-8-7-12(14(18)19)13(17)16(9(8)2)11-5-3-10(15)4-6-11/h3-7H,1-2H3,(H,18,19). The molecule has 4 nitrogen and oxygen atoms in total. The molecule has 0 unspecified atom stereocenters. The van der Waals surface area contributed by atoms with E-state index < -0.39 is 17.3 Å². The van der Waals surface area contributed by atoms with Gasteiger partial charge >= 0.3 is 5.97 Å². The van der Waals surface area contributed by atoms with Crippen LogP contribution in [0.1, 0.15) is 21.6 Å². The summed E-state index contributed by atoms with van der Waals surface area (Å²) >= 11 is 0. The van der Waals surface area contributed by atoms with Gasteiger partial charge in [-0.05, 0) is 49.7 Å². The van der Waals surface area contributed by atoms with Crippen LogP contribution in [0.15, 0.2) is 35.1 Å². The van der Waals surface area contributed by atoms with Crippen LogP contribution >= 0.6 is 0 Å². The minimum atomic E-state index is -1.27. The molecule has 0 saturated carbocycles. The molecule has 0 spiro atoms. The minimum Gasteiger partial charge on any atom is -0.477 e. The molecule has 0 saturated heterocycles. The van der Waals surface area contributed by atoms with E-state index in [9.17, 15) is 14.0 Å². The zero-order valence-electron chi connectivity index (χ0n) is 10.5. The summed E-state index contributed by atoms with van der Waals surface area (Å²) in [6.45, 7) is 3.44. The van der Waals surface area contributed by atoms with E-state index in [2.05, 4.69) is 0 Å². The number of aryl methyl sites for hydroxylation is 1. The van der Waals surface area contributed by atoms with Crippen molar-refractivity contribution in [3.63, 3.8) is 0 Å². The Kier molecular flexibility index (Phi) is 3.21. The molecular weight excluding hydrogens is 249 g/mol. The largest absolute Gasteiger partial charge is 0.477 e. The minimum absolute atomic E-state index is 0.299. The molecule has 1 N–H and O–H groups in total. The van der Waals surface area contributed by atoms with Gasteiger partial charge in [-0.3, -0.25) is 9.36 Å². The number of hydrogen-bond acceptors (Lipinski definition) is 2. The van der Waals surface area contributed by atoms with Gasteiger partial charge in [-0.15, -0.1) is 0 Å². The predicted octanol–water partition coefficient (Wildman–Crippen LogP) is 2.29. The van der Waals surface area contributed by atoms with E-state index in [0.717, 1.165) is 0 Å². The van der Waals surface area contributed by atoms with Gasteiger partial charge in [0.25, 0.3) is 5.56 Å². The van der Waals surface area contributed by atoms with Crippen molar-refractivity contribution in [3.05, 3.63) is 63.3 Å². The summed E-state index contributed by atoms with van der Waals surface area (Å²) in [7, 11) is 0. The molecule has 0 fully saturated rings. The normalized spacial score (nSPS) is 10.5. The Morgan fingerprint density at radius 2 is 1.79 bits per heavy atom. The molecule has 2 rings (SSSR count). The number of carboxylic acids is 1. The first-order valence-corrected chi connectivity index (χ1v) is 5.64. The molecule has 1 aromatic heterocycles. The number of nitrogens with zero attached hydrogens (tertiary/aromatic N) is 1. The third-order valence-electron chi connectivity index (χ3n) is 3.02. The van der Waals surface area contributed by atoms with Crippen molar-refractivity contribution in [3.8, 4) is 5.69 Å². The first kappa shape index (κ1) is 13.0. The lowest BCUT2D eigenvalue weighted by Crippen LogP contribution is -2.27. The van der Waals surface area contributed by atoms with Crippen molar-refractivity contribution in [2.24, 2.45) is 0 Å². The summed E-state index contributed by atoms with van der Waals surface area (Å²) in [5.41, 5.74) is 0.827. The molecule has 0 aliphatic carbocycles. The summed E-state index contributed by atoms with van der Waals surface area (Å²) in [5.74, 6) is -1.69. The molecule has 0 aliphatic rings. The van der Waals surface area contributed by atoms with Crippen molar-refractivity contribution >= 4 is 5.97 Å². The Balaban J connectivity index is 2.79. The molecule has 19 heavy (non-hydrogen) atoms. The van der Waals surface area contributed by atoms with Crippen molar-refractivity contribution in [2.75, 3.05) is 0 Å². The second-order valence-corrected chi connectivity index (χ2v) is 4.25. The van der Waals surface area contributed by atoms with E-state index in [1.165, 1.54) is 34.9 Å². The topological polar surface area (TPSA) is 59.3 Å². The highest BCUT2D eigenvalue weighted by molar-refractivity contribution is 5.87. The van der Waals surface area contributed by atoms with Crippen LogP contribution in [-0.2, 0) is 0 Å². The maximum Gasteiger partial charge on any atom is 0.341 e. The highest BCUT2D eigenvalue weighted by atomic mass is 19.1. The van der Waals surface area contributed by atoms with Gasteiger partial charge in [0, 0.05) is 11.4 Å². The van der Waals surface area contributed by atoms with E-state index in [1.807, 2.05) is 0 Å². The lowest BCUT2D eigenvalue weighted by Gasteiger charge is -2.13. The molecule has 1 heterocycles. The Bertz CT molecular complexity index is 702. The number of hydrogen-bond donors (Lipinski definition) is 1. The molecule has 0 aliphatic heterocycles. The predicted molar refractivity (Wildman–Crippen MR) is 68.4 cm³/mol. The molecule has 1 aromatic carbocycles. The van der Waals surface area contributed by atoms with E-state index >= 15 is 0 Å². The van der Waals surface area contributed by atoms with Crippen LogP contribution in [0.3, 0.4) is 0 Å². The average molecular weight is 261 g/mol. The number of carboxylic acid groups (broad SMARTS) is 1. The van der Waals surface area contributed by atoms with Crippen LogP contribution < -0.4 is 5.56 Å². The summed E-state index contributed by atoms with van der Waals surface area (Å²) in [6.07, 6.45) is 0. The van der Waals surface area contributed by atoms with Crippen molar-refractivity contribution in [1.82, 2.24) is 4.57 Å². The van der Waals surface area contributed by atoms with Gasteiger partial charge < -0.3 is 5.11 Å². The molecule has 0 radical (unpaired) electrons. The van der Waals surface area contributed by atoms with Gasteiger partial charge in [-0.2, -0.15) is 0 Å². The van der Waals surface area contributed by atoms with E-state index in [0.29, 0.717) is 16.9 Å². The first-order valence-electron chi connectivity index (χ1n) is 5.64. The number of aromatic nitrogens is 1. The van der Waals surface area contributed by atoms with Crippen molar-refractivity contribution < 1.29 is 14.3 Å². The zero-order chi connectivity index (χ0) is 14.2. The van der Waals surface area contributed by atoms with Gasteiger partial charge in [0.05, 0.1) is 0 Å². The smallest absolute Gasteiger partial charge is 0.341 e. The zero-order valence-corrected chi connectivity index (χ0v) is 10.5. The molecule has 0 bridgehead atoms. The molecular formula is C14H12FNO3. The summed E-state index contributed by atoms with van der Waals surface area (Å²) in [6, 6.07) is 6.68. The number of rotatable bonds is 2. The molecule has 2 aromatic rings. The van der Waals surface area contributed by atoms with Crippen LogP contribution in [0, 0.1) is 19.7 Å². The Hall–Kier alpha value is -2.43. The monoisotopic (exact) mass is 261 g/mol. The first-order chi connectivity index (χ1) is 8.91. The maximum atomic E-state index is 12.9. The molecule has 98 valence electrons. The van der Waals surface area contributed by atoms with Gasteiger partial charge in [0.2, 0.25) is 0 Å². The SMILES string of the molecule is Cc1cc(C(=O)O)c(=O)n(-c2ccc(F)cc2)c1C. The Morgan fingerprint density at radius 1 is 1.21 bits per heavy atom. The van der Waals surface area contributed by atoms with Crippen LogP contribution in [-0.4, -0.2) is 15.6 Å². The number of benzene rings is 1. The van der Waals surface area contributed by atoms with E-state index in [-0.39, 0.29) is 5.56 Å². The lowest BCUT2D eigenvalue weighted by atomic mass is 10.1. The Morgan fingerprint density at radius 3 is 2.32 bits per heavy atom. The summed E-state index contributed by atoms with van der Waals surface area (Å²) < 4.78 is 14.2. The Labute approximate surface area is 108 Å². The number of aromatic carboxylic acids is 1. The third-order valence-corrected chi connectivity index (χ3v) is 3.02. The molecule has 0 amide bonds. The summed E-state index contributed by atoms with van der Waals surface area (Å²) in [4.78, 5) is 23.2. The number of pyridine rings is 1. The van der Waals surface area contributed by atoms with E-state index in [4.69, 9.17) is 5.11 Å². The van der Waals surface area contributed by atoms with Crippen molar-refractivity contribution in [1.29, 1.82) is 0 Å².